The van der Waals surface area contributed by atoms with E-state index in [4.69, 9.17) is 22.7 Å². The van der Waals surface area contributed by atoms with Crippen LogP contribution in [0, 0.1) is 19.8 Å². The number of thiocarbonyl (C=S) groups is 1. The second-order valence-electron chi connectivity index (χ2n) is 4.62. The molecule has 3 nitrogen and oxygen atoms in total. The number of aromatic nitrogens is 1. The smallest absolute Gasteiger partial charge is 0.133 e. The highest BCUT2D eigenvalue weighted by Gasteiger charge is 2.12. The molecular weight excluding hydrogens is 232 g/mol. The molecule has 0 saturated heterocycles. The van der Waals surface area contributed by atoms with Crippen molar-refractivity contribution in [2.75, 3.05) is 6.61 Å². The van der Waals surface area contributed by atoms with Gasteiger partial charge < -0.3 is 10.5 Å². The van der Waals surface area contributed by atoms with Gasteiger partial charge in [0.1, 0.15) is 10.7 Å². The van der Waals surface area contributed by atoms with Gasteiger partial charge in [0.05, 0.1) is 17.9 Å². The number of hydrogen-bond acceptors (Lipinski definition) is 3. The van der Waals surface area contributed by atoms with Gasteiger partial charge in [-0.1, -0.05) is 26.1 Å². The first-order chi connectivity index (χ1) is 7.91. The predicted octanol–water partition coefficient (Wildman–Crippen LogP) is 2.76. The van der Waals surface area contributed by atoms with Crippen molar-refractivity contribution in [1.82, 2.24) is 4.98 Å². The molecule has 0 bridgehead atoms. The van der Waals surface area contributed by atoms with Crippen LogP contribution in [0.2, 0.25) is 0 Å². The van der Waals surface area contributed by atoms with Crippen LogP contribution in [0.25, 0.3) is 0 Å². The number of ether oxygens (including phenoxy) is 1. The Morgan fingerprint density at radius 2 is 2.12 bits per heavy atom. The third-order valence-corrected chi connectivity index (χ3v) is 2.70. The molecule has 0 radical (unpaired) electrons. The van der Waals surface area contributed by atoms with Gasteiger partial charge in [0.15, 0.2) is 0 Å². The highest BCUT2D eigenvalue weighted by molar-refractivity contribution is 7.80. The van der Waals surface area contributed by atoms with E-state index in [-0.39, 0.29) is 0 Å². The number of rotatable bonds is 5. The monoisotopic (exact) mass is 252 g/mol. The Hall–Kier alpha value is -1.16. The van der Waals surface area contributed by atoms with Gasteiger partial charge in [-0.25, -0.2) is 0 Å². The van der Waals surface area contributed by atoms with Crippen LogP contribution in [0.3, 0.4) is 0 Å². The fourth-order valence-electron chi connectivity index (χ4n) is 1.61. The quantitative estimate of drug-likeness (QED) is 0.819. The van der Waals surface area contributed by atoms with Crippen molar-refractivity contribution in [3.05, 3.63) is 23.0 Å². The SMILES string of the molecule is Cc1cc(OCCC(C)C)c(C(N)=S)c(C)n1. The van der Waals surface area contributed by atoms with Crippen LogP contribution in [-0.4, -0.2) is 16.6 Å². The summed E-state index contributed by atoms with van der Waals surface area (Å²) in [6.07, 6.45) is 1.01. The van der Waals surface area contributed by atoms with E-state index in [1.54, 1.807) is 0 Å². The molecule has 0 aromatic carbocycles. The molecule has 1 aromatic rings. The minimum absolute atomic E-state index is 0.342. The summed E-state index contributed by atoms with van der Waals surface area (Å²) in [6.45, 7) is 8.85. The van der Waals surface area contributed by atoms with Gasteiger partial charge in [-0.2, -0.15) is 0 Å². The highest BCUT2D eigenvalue weighted by atomic mass is 32.1. The summed E-state index contributed by atoms with van der Waals surface area (Å²) in [4.78, 5) is 4.69. The molecule has 0 unspecified atom stereocenters. The molecular formula is C13H20N2OS. The average molecular weight is 252 g/mol. The standard InChI is InChI=1S/C13H20N2OS/c1-8(2)5-6-16-11-7-9(3)15-10(4)12(11)13(14)17/h7-8H,5-6H2,1-4H3,(H2,14,17). The third kappa shape index (κ3) is 3.97. The first-order valence-electron chi connectivity index (χ1n) is 5.82. The zero-order valence-electron chi connectivity index (χ0n) is 10.9. The second kappa shape index (κ2) is 5.96. The molecule has 0 saturated carbocycles. The zero-order chi connectivity index (χ0) is 13.0. The average Bonchev–Trinajstić information content (AvgIpc) is 2.14. The summed E-state index contributed by atoms with van der Waals surface area (Å²) >= 11 is 5.04. The Balaban J connectivity index is 2.92. The summed E-state index contributed by atoms with van der Waals surface area (Å²) in [5, 5.41) is 0. The van der Waals surface area contributed by atoms with E-state index in [0.29, 0.717) is 17.5 Å². The molecule has 0 aliphatic heterocycles. The fraction of sp³-hybridized carbons (Fsp3) is 0.538. The Bertz CT molecular complexity index is 416. The molecule has 4 heteroatoms. The molecule has 94 valence electrons. The maximum Gasteiger partial charge on any atom is 0.133 e. The fourth-order valence-corrected chi connectivity index (χ4v) is 1.86. The van der Waals surface area contributed by atoms with Gasteiger partial charge in [-0.3, -0.25) is 4.98 Å². The first kappa shape index (κ1) is 13.9. The maximum atomic E-state index is 5.76. The van der Waals surface area contributed by atoms with Gasteiger partial charge in [0.2, 0.25) is 0 Å². The van der Waals surface area contributed by atoms with E-state index in [2.05, 4.69) is 18.8 Å². The number of nitrogens with zero attached hydrogens (tertiary/aromatic N) is 1. The second-order valence-corrected chi connectivity index (χ2v) is 5.06. The Labute approximate surface area is 108 Å². The normalized spacial score (nSPS) is 10.6. The minimum Gasteiger partial charge on any atom is -0.493 e. The van der Waals surface area contributed by atoms with E-state index in [0.717, 1.165) is 29.1 Å². The van der Waals surface area contributed by atoms with Crippen molar-refractivity contribution < 1.29 is 4.74 Å². The molecule has 1 rings (SSSR count). The lowest BCUT2D eigenvalue weighted by atomic mass is 10.1. The molecule has 2 N–H and O–H groups in total. The Morgan fingerprint density at radius 3 is 2.65 bits per heavy atom. The van der Waals surface area contributed by atoms with Gasteiger partial charge in [-0.05, 0) is 26.2 Å². The zero-order valence-corrected chi connectivity index (χ0v) is 11.7. The number of hydrogen-bond donors (Lipinski definition) is 1. The van der Waals surface area contributed by atoms with Crippen LogP contribution in [0.5, 0.6) is 5.75 Å². The summed E-state index contributed by atoms with van der Waals surface area (Å²) in [7, 11) is 0. The third-order valence-electron chi connectivity index (χ3n) is 2.49. The Kier molecular flexibility index (Phi) is 4.87. The largest absolute Gasteiger partial charge is 0.493 e. The van der Waals surface area contributed by atoms with Crippen molar-refractivity contribution in [2.24, 2.45) is 11.7 Å². The van der Waals surface area contributed by atoms with Crippen LogP contribution in [0.1, 0.15) is 37.2 Å². The topological polar surface area (TPSA) is 48.1 Å². The molecule has 0 aliphatic carbocycles. The minimum atomic E-state index is 0.342. The van der Waals surface area contributed by atoms with Crippen molar-refractivity contribution in [1.29, 1.82) is 0 Å². The van der Waals surface area contributed by atoms with Gasteiger partial charge in [-0.15, -0.1) is 0 Å². The number of nitrogens with two attached hydrogens (primary N) is 1. The molecule has 17 heavy (non-hydrogen) atoms. The Morgan fingerprint density at radius 1 is 1.47 bits per heavy atom. The van der Waals surface area contributed by atoms with Gasteiger partial charge in [0, 0.05) is 11.8 Å². The van der Waals surface area contributed by atoms with Crippen LogP contribution in [0.4, 0.5) is 0 Å². The number of aryl methyl sites for hydroxylation is 2. The summed E-state index contributed by atoms with van der Waals surface area (Å²) < 4.78 is 5.76. The van der Waals surface area contributed by atoms with Crippen molar-refractivity contribution >= 4 is 17.2 Å². The molecule has 0 fully saturated rings. The van der Waals surface area contributed by atoms with E-state index >= 15 is 0 Å². The molecule has 1 aromatic heterocycles. The van der Waals surface area contributed by atoms with Crippen molar-refractivity contribution in [2.45, 2.75) is 34.1 Å². The molecule has 0 spiro atoms. The molecule has 1 heterocycles. The van der Waals surface area contributed by atoms with Crippen LogP contribution < -0.4 is 10.5 Å². The lowest BCUT2D eigenvalue weighted by Gasteiger charge is -2.14. The lowest BCUT2D eigenvalue weighted by molar-refractivity contribution is 0.288. The summed E-state index contributed by atoms with van der Waals surface area (Å²) in [5.41, 5.74) is 8.22. The van der Waals surface area contributed by atoms with Crippen molar-refractivity contribution in [3.63, 3.8) is 0 Å². The van der Waals surface area contributed by atoms with Gasteiger partial charge in [0.25, 0.3) is 0 Å². The van der Waals surface area contributed by atoms with Gasteiger partial charge >= 0.3 is 0 Å². The van der Waals surface area contributed by atoms with E-state index in [9.17, 15) is 0 Å². The summed E-state index contributed by atoms with van der Waals surface area (Å²) in [6, 6.07) is 1.89. The lowest BCUT2D eigenvalue weighted by Crippen LogP contribution is -2.15. The number of pyridine rings is 1. The van der Waals surface area contributed by atoms with Crippen LogP contribution in [-0.2, 0) is 0 Å². The summed E-state index contributed by atoms with van der Waals surface area (Å²) in [5.74, 6) is 1.37. The first-order valence-corrected chi connectivity index (χ1v) is 6.23. The van der Waals surface area contributed by atoms with Crippen LogP contribution >= 0.6 is 12.2 Å². The van der Waals surface area contributed by atoms with Crippen LogP contribution in [0.15, 0.2) is 6.07 Å². The van der Waals surface area contributed by atoms with E-state index in [1.165, 1.54) is 0 Å². The van der Waals surface area contributed by atoms with E-state index < -0.39 is 0 Å². The molecule has 0 atom stereocenters. The molecule has 0 amide bonds. The maximum absolute atomic E-state index is 5.76. The molecule has 0 aliphatic rings. The highest BCUT2D eigenvalue weighted by Crippen LogP contribution is 2.22. The van der Waals surface area contributed by atoms with Crippen molar-refractivity contribution in [3.8, 4) is 5.75 Å². The predicted molar refractivity (Wildman–Crippen MR) is 74.5 cm³/mol. The van der Waals surface area contributed by atoms with E-state index in [1.807, 2.05) is 19.9 Å².